The van der Waals surface area contributed by atoms with Gasteiger partial charge in [0.15, 0.2) is 0 Å². The molecule has 0 aliphatic rings. The van der Waals surface area contributed by atoms with Crippen LogP contribution in [0, 0.1) is 15.9 Å². The van der Waals surface area contributed by atoms with Gasteiger partial charge in [0, 0.05) is 24.7 Å². The highest BCUT2D eigenvalue weighted by atomic mass is 19.1. The Morgan fingerprint density at radius 2 is 2.22 bits per heavy atom. The topological polar surface area (TPSA) is 83.7 Å². The molecule has 0 fully saturated rings. The molecule has 1 N–H and O–H groups in total. The summed E-state index contributed by atoms with van der Waals surface area (Å²) in [6.45, 7) is 1.99. The highest BCUT2D eigenvalue weighted by Crippen LogP contribution is 2.19. The lowest BCUT2D eigenvalue weighted by molar-refractivity contribution is -0.387. The van der Waals surface area contributed by atoms with Crippen molar-refractivity contribution in [3.63, 3.8) is 0 Å². The standard InChI is InChI=1S/C11H13FN2O4/c1-2-13(5-6-15)11(16)8-3-4-9(12)10(7-8)14(17)18/h3-4,7,15H,2,5-6H2,1H3. The largest absolute Gasteiger partial charge is 0.395 e. The third kappa shape index (κ3) is 3.01. The SMILES string of the molecule is CCN(CCO)C(=O)c1ccc(F)c([N+](=O)[O-])c1. The molecule has 0 saturated heterocycles. The number of aliphatic hydroxyl groups is 1. The fourth-order valence-corrected chi connectivity index (χ4v) is 1.49. The van der Waals surface area contributed by atoms with Crippen molar-refractivity contribution in [2.24, 2.45) is 0 Å². The molecule has 0 aromatic heterocycles. The van der Waals surface area contributed by atoms with Crippen molar-refractivity contribution >= 4 is 11.6 Å². The Bertz CT molecular complexity index is 464. The van der Waals surface area contributed by atoms with E-state index in [1.165, 1.54) is 11.0 Å². The summed E-state index contributed by atoms with van der Waals surface area (Å²) in [7, 11) is 0. The number of rotatable bonds is 5. The van der Waals surface area contributed by atoms with Gasteiger partial charge < -0.3 is 10.0 Å². The van der Waals surface area contributed by atoms with Gasteiger partial charge in [0.1, 0.15) is 0 Å². The summed E-state index contributed by atoms with van der Waals surface area (Å²) in [4.78, 5) is 22.9. The molecule has 0 aliphatic heterocycles. The van der Waals surface area contributed by atoms with Gasteiger partial charge in [-0.1, -0.05) is 0 Å². The monoisotopic (exact) mass is 256 g/mol. The Hall–Kier alpha value is -2.02. The van der Waals surface area contributed by atoms with Gasteiger partial charge in [-0.2, -0.15) is 4.39 Å². The minimum absolute atomic E-state index is 0.0263. The Labute approximate surface area is 103 Å². The van der Waals surface area contributed by atoms with Crippen LogP contribution in [0.5, 0.6) is 0 Å². The maximum Gasteiger partial charge on any atom is 0.305 e. The van der Waals surface area contributed by atoms with Crippen molar-refractivity contribution in [3.05, 3.63) is 39.7 Å². The van der Waals surface area contributed by atoms with Gasteiger partial charge in [0.25, 0.3) is 5.91 Å². The van der Waals surface area contributed by atoms with Crippen molar-refractivity contribution < 1.29 is 19.2 Å². The number of nitrogens with zero attached hydrogens (tertiary/aromatic N) is 2. The molecule has 6 nitrogen and oxygen atoms in total. The van der Waals surface area contributed by atoms with Crippen LogP contribution in [0.1, 0.15) is 17.3 Å². The van der Waals surface area contributed by atoms with E-state index in [1.807, 2.05) is 0 Å². The fraction of sp³-hybridized carbons (Fsp3) is 0.364. The maximum absolute atomic E-state index is 13.1. The van der Waals surface area contributed by atoms with E-state index in [4.69, 9.17) is 5.11 Å². The highest BCUT2D eigenvalue weighted by Gasteiger charge is 2.20. The predicted molar refractivity (Wildman–Crippen MR) is 61.7 cm³/mol. The van der Waals surface area contributed by atoms with Crippen LogP contribution in [0.4, 0.5) is 10.1 Å². The van der Waals surface area contributed by atoms with Crippen LogP contribution in [0.25, 0.3) is 0 Å². The third-order valence-corrected chi connectivity index (χ3v) is 2.43. The molecule has 0 atom stereocenters. The van der Waals surface area contributed by atoms with Gasteiger partial charge in [-0.15, -0.1) is 0 Å². The van der Waals surface area contributed by atoms with E-state index in [-0.39, 0.29) is 18.7 Å². The smallest absolute Gasteiger partial charge is 0.305 e. The first-order valence-corrected chi connectivity index (χ1v) is 5.35. The molecule has 0 radical (unpaired) electrons. The van der Waals surface area contributed by atoms with Gasteiger partial charge in [0.05, 0.1) is 11.5 Å². The normalized spacial score (nSPS) is 10.2. The number of halogens is 1. The highest BCUT2D eigenvalue weighted by molar-refractivity contribution is 5.94. The summed E-state index contributed by atoms with van der Waals surface area (Å²) in [6.07, 6.45) is 0. The van der Waals surface area contributed by atoms with Crippen molar-refractivity contribution in [2.45, 2.75) is 6.92 Å². The van der Waals surface area contributed by atoms with Crippen molar-refractivity contribution in [3.8, 4) is 0 Å². The van der Waals surface area contributed by atoms with Gasteiger partial charge in [-0.25, -0.2) is 0 Å². The quantitative estimate of drug-likeness (QED) is 0.633. The number of nitro benzene ring substituents is 1. The number of benzene rings is 1. The van der Waals surface area contributed by atoms with Crippen LogP contribution in [0.3, 0.4) is 0 Å². The minimum atomic E-state index is -0.984. The number of nitro groups is 1. The van der Waals surface area contributed by atoms with Gasteiger partial charge in [-0.05, 0) is 19.1 Å². The predicted octanol–water partition coefficient (Wildman–Crippen LogP) is 1.19. The molecule has 7 heteroatoms. The van der Waals surface area contributed by atoms with Crippen LogP contribution in [-0.2, 0) is 0 Å². The van der Waals surface area contributed by atoms with Crippen LogP contribution in [0.2, 0.25) is 0 Å². The maximum atomic E-state index is 13.1. The van der Waals surface area contributed by atoms with Crippen molar-refractivity contribution in [1.29, 1.82) is 0 Å². The average Bonchev–Trinajstić information content (AvgIpc) is 2.35. The Morgan fingerprint density at radius 3 is 2.72 bits per heavy atom. The molecular formula is C11H13FN2O4. The first-order chi connectivity index (χ1) is 8.51. The molecule has 1 amide bonds. The molecule has 0 unspecified atom stereocenters. The zero-order valence-corrected chi connectivity index (χ0v) is 9.80. The number of aliphatic hydroxyl groups excluding tert-OH is 1. The second-order valence-corrected chi connectivity index (χ2v) is 3.53. The molecule has 0 heterocycles. The number of hydrogen-bond donors (Lipinski definition) is 1. The van der Waals surface area contributed by atoms with E-state index in [2.05, 4.69) is 0 Å². The second kappa shape index (κ2) is 6.06. The van der Waals surface area contributed by atoms with Crippen LogP contribution in [-0.4, -0.2) is 40.5 Å². The summed E-state index contributed by atoms with van der Waals surface area (Å²) in [5.41, 5.74) is -0.709. The molecule has 1 aromatic carbocycles. The van der Waals surface area contributed by atoms with Gasteiger partial charge >= 0.3 is 5.69 Å². The number of likely N-dealkylation sites (N-methyl/N-ethyl adjacent to an activating group) is 1. The lowest BCUT2D eigenvalue weighted by atomic mass is 10.1. The van der Waals surface area contributed by atoms with Crippen LogP contribution in [0.15, 0.2) is 18.2 Å². The molecule has 18 heavy (non-hydrogen) atoms. The Kier molecular flexibility index (Phi) is 4.73. The van der Waals surface area contributed by atoms with E-state index < -0.39 is 22.3 Å². The van der Waals surface area contributed by atoms with E-state index in [0.717, 1.165) is 12.1 Å². The van der Waals surface area contributed by atoms with Gasteiger partial charge in [-0.3, -0.25) is 14.9 Å². The number of hydrogen-bond acceptors (Lipinski definition) is 4. The number of carbonyl (C=O) groups is 1. The zero-order valence-electron chi connectivity index (χ0n) is 9.80. The van der Waals surface area contributed by atoms with Crippen LogP contribution < -0.4 is 0 Å². The summed E-state index contributed by atoms with van der Waals surface area (Å²) in [5, 5.41) is 19.4. The molecule has 98 valence electrons. The minimum Gasteiger partial charge on any atom is -0.395 e. The average molecular weight is 256 g/mol. The van der Waals surface area contributed by atoms with Gasteiger partial charge in [0.2, 0.25) is 5.82 Å². The second-order valence-electron chi connectivity index (χ2n) is 3.53. The number of amides is 1. The molecule has 0 bridgehead atoms. The summed E-state index contributed by atoms with van der Waals surface area (Å²) >= 11 is 0. The molecule has 0 spiro atoms. The van der Waals surface area contributed by atoms with Crippen molar-refractivity contribution in [2.75, 3.05) is 19.7 Å². The van der Waals surface area contributed by atoms with E-state index in [9.17, 15) is 19.3 Å². The first-order valence-electron chi connectivity index (χ1n) is 5.35. The Morgan fingerprint density at radius 1 is 1.56 bits per heavy atom. The number of carbonyl (C=O) groups excluding carboxylic acids is 1. The zero-order chi connectivity index (χ0) is 13.7. The fourth-order valence-electron chi connectivity index (χ4n) is 1.49. The van der Waals surface area contributed by atoms with E-state index >= 15 is 0 Å². The van der Waals surface area contributed by atoms with E-state index in [1.54, 1.807) is 6.92 Å². The van der Waals surface area contributed by atoms with Crippen molar-refractivity contribution in [1.82, 2.24) is 4.90 Å². The molecule has 0 saturated carbocycles. The summed E-state index contributed by atoms with van der Waals surface area (Å²) in [5.74, 6) is -1.46. The van der Waals surface area contributed by atoms with Crippen LogP contribution >= 0.6 is 0 Å². The summed E-state index contributed by atoms with van der Waals surface area (Å²) < 4.78 is 13.1. The molecule has 1 aromatic rings. The lowest BCUT2D eigenvalue weighted by Gasteiger charge is -2.19. The first kappa shape index (κ1) is 14.0. The molecule has 1 rings (SSSR count). The van der Waals surface area contributed by atoms with E-state index in [0.29, 0.717) is 6.54 Å². The molecular weight excluding hydrogens is 243 g/mol. The lowest BCUT2D eigenvalue weighted by Crippen LogP contribution is -2.33. The Balaban J connectivity index is 3.06. The third-order valence-electron chi connectivity index (χ3n) is 2.43. The summed E-state index contributed by atoms with van der Waals surface area (Å²) in [6, 6.07) is 2.97. The molecule has 0 aliphatic carbocycles.